The van der Waals surface area contributed by atoms with Gasteiger partial charge in [-0.3, -0.25) is 0 Å². The number of rotatable bonds is 2. The van der Waals surface area contributed by atoms with Gasteiger partial charge in [-0.1, -0.05) is 0 Å². The van der Waals surface area contributed by atoms with Crippen LogP contribution in [-0.4, -0.2) is 4.98 Å². The second-order valence-electron chi connectivity index (χ2n) is 3.65. The van der Waals surface area contributed by atoms with Crippen LogP contribution in [0, 0.1) is 13.8 Å². The third-order valence-electron chi connectivity index (χ3n) is 2.34. The lowest BCUT2D eigenvalue weighted by Gasteiger charge is -1.99. The van der Waals surface area contributed by atoms with Crippen LogP contribution in [0.1, 0.15) is 29.3 Å². The van der Waals surface area contributed by atoms with Crippen molar-refractivity contribution >= 4 is 11.3 Å². The van der Waals surface area contributed by atoms with E-state index in [4.69, 9.17) is 10.2 Å². The molecule has 2 aromatic heterocycles. The third-order valence-corrected chi connectivity index (χ3v) is 3.73. The summed E-state index contributed by atoms with van der Waals surface area (Å²) in [4.78, 5) is 5.66. The van der Waals surface area contributed by atoms with E-state index in [1.165, 1.54) is 0 Å². The lowest BCUT2D eigenvalue weighted by molar-refractivity contribution is 0.535. The molecule has 1 unspecified atom stereocenters. The normalized spacial score (nSPS) is 13.1. The van der Waals surface area contributed by atoms with Gasteiger partial charge in [-0.2, -0.15) is 0 Å². The smallest absolute Gasteiger partial charge is 0.127 e. The first kappa shape index (κ1) is 10.4. The molecule has 0 saturated heterocycles. The second kappa shape index (κ2) is 3.79. The van der Waals surface area contributed by atoms with Crippen LogP contribution in [0.4, 0.5) is 0 Å². The van der Waals surface area contributed by atoms with Crippen LogP contribution < -0.4 is 5.73 Å². The van der Waals surface area contributed by atoms with E-state index < -0.39 is 0 Å². The Balaban J connectivity index is 2.47. The van der Waals surface area contributed by atoms with Gasteiger partial charge in [0, 0.05) is 10.9 Å². The average Bonchev–Trinajstić information content (AvgIpc) is 2.71. The summed E-state index contributed by atoms with van der Waals surface area (Å²) < 4.78 is 5.26. The molecular formula is C11H14N2OS. The van der Waals surface area contributed by atoms with Gasteiger partial charge in [-0.15, -0.1) is 11.3 Å². The molecule has 4 heteroatoms. The van der Waals surface area contributed by atoms with Crippen molar-refractivity contribution in [1.29, 1.82) is 0 Å². The number of aromatic nitrogens is 1. The van der Waals surface area contributed by atoms with Gasteiger partial charge in [0.25, 0.3) is 0 Å². The Labute approximate surface area is 92.9 Å². The molecule has 80 valence electrons. The molecule has 1 atom stereocenters. The molecule has 0 aromatic carbocycles. The highest BCUT2D eigenvalue weighted by Gasteiger charge is 2.14. The number of hydrogen-bond acceptors (Lipinski definition) is 4. The summed E-state index contributed by atoms with van der Waals surface area (Å²) in [7, 11) is 0. The first-order valence-corrected chi connectivity index (χ1v) is 5.68. The number of nitrogens with zero attached hydrogens (tertiary/aromatic N) is 1. The van der Waals surface area contributed by atoms with Gasteiger partial charge < -0.3 is 10.2 Å². The molecule has 0 amide bonds. The predicted molar refractivity (Wildman–Crippen MR) is 61.9 cm³/mol. The van der Waals surface area contributed by atoms with Gasteiger partial charge in [0.05, 0.1) is 17.5 Å². The Kier molecular flexibility index (Phi) is 2.63. The molecule has 2 rings (SSSR count). The van der Waals surface area contributed by atoms with E-state index in [2.05, 4.69) is 4.98 Å². The maximum Gasteiger partial charge on any atom is 0.127 e. The van der Waals surface area contributed by atoms with Crippen LogP contribution in [0.3, 0.4) is 0 Å². The third kappa shape index (κ3) is 1.82. The number of nitrogens with two attached hydrogens (primary N) is 1. The Hall–Kier alpha value is -1.13. The molecule has 2 aromatic rings. The summed E-state index contributed by atoms with van der Waals surface area (Å²) in [5.41, 5.74) is 7.95. The van der Waals surface area contributed by atoms with Crippen molar-refractivity contribution in [1.82, 2.24) is 4.98 Å². The van der Waals surface area contributed by atoms with E-state index in [9.17, 15) is 0 Å². The molecule has 0 bridgehead atoms. The zero-order chi connectivity index (χ0) is 11.0. The Morgan fingerprint density at radius 2 is 2.20 bits per heavy atom. The summed E-state index contributed by atoms with van der Waals surface area (Å²) in [6.45, 7) is 5.91. The largest absolute Gasteiger partial charge is 0.469 e. The predicted octanol–water partition coefficient (Wildman–Crippen LogP) is 3.04. The van der Waals surface area contributed by atoms with E-state index in [1.807, 2.05) is 26.8 Å². The Morgan fingerprint density at radius 1 is 1.47 bits per heavy atom. The zero-order valence-electron chi connectivity index (χ0n) is 9.07. The molecule has 0 saturated carbocycles. The van der Waals surface area contributed by atoms with Crippen LogP contribution in [-0.2, 0) is 0 Å². The van der Waals surface area contributed by atoms with Crippen molar-refractivity contribution in [2.24, 2.45) is 5.73 Å². The van der Waals surface area contributed by atoms with E-state index >= 15 is 0 Å². The Morgan fingerprint density at radius 3 is 2.67 bits per heavy atom. The first-order chi connectivity index (χ1) is 7.09. The van der Waals surface area contributed by atoms with Gasteiger partial charge in [0.2, 0.25) is 0 Å². The molecular weight excluding hydrogens is 208 g/mol. The van der Waals surface area contributed by atoms with Gasteiger partial charge >= 0.3 is 0 Å². The first-order valence-electron chi connectivity index (χ1n) is 4.87. The minimum Gasteiger partial charge on any atom is -0.469 e. The maximum atomic E-state index is 5.87. The quantitative estimate of drug-likeness (QED) is 0.849. The highest BCUT2D eigenvalue weighted by Crippen LogP contribution is 2.32. The van der Waals surface area contributed by atoms with Crippen molar-refractivity contribution in [3.63, 3.8) is 0 Å². The number of aryl methyl sites for hydroxylation is 2. The lowest BCUT2D eigenvalue weighted by atomic mass is 10.2. The SMILES string of the molecule is Cc1nc(-c2ccoc2C)sc1C(C)N. The molecule has 0 fully saturated rings. The topological polar surface area (TPSA) is 52.0 Å². The second-order valence-corrected chi connectivity index (χ2v) is 4.68. The standard InChI is InChI=1S/C11H14N2OS/c1-6(12)10-7(2)13-11(15-10)9-4-5-14-8(9)3/h4-6H,12H2,1-3H3. The van der Waals surface area contributed by atoms with E-state index in [1.54, 1.807) is 17.6 Å². The highest BCUT2D eigenvalue weighted by molar-refractivity contribution is 7.15. The molecule has 0 spiro atoms. The van der Waals surface area contributed by atoms with E-state index in [0.29, 0.717) is 0 Å². The zero-order valence-corrected chi connectivity index (χ0v) is 9.89. The van der Waals surface area contributed by atoms with Crippen LogP contribution in [0.15, 0.2) is 16.7 Å². The molecule has 0 aliphatic carbocycles. The average molecular weight is 222 g/mol. The van der Waals surface area contributed by atoms with Gasteiger partial charge in [0.15, 0.2) is 0 Å². The van der Waals surface area contributed by atoms with Crippen molar-refractivity contribution in [2.45, 2.75) is 26.8 Å². The lowest BCUT2D eigenvalue weighted by Crippen LogP contribution is -2.03. The summed E-state index contributed by atoms with van der Waals surface area (Å²) in [6.07, 6.45) is 1.69. The number of hydrogen-bond donors (Lipinski definition) is 1. The van der Waals surface area contributed by atoms with Crippen molar-refractivity contribution < 1.29 is 4.42 Å². The molecule has 0 radical (unpaired) electrons. The fraction of sp³-hybridized carbons (Fsp3) is 0.364. The van der Waals surface area contributed by atoms with Crippen molar-refractivity contribution in [3.8, 4) is 10.6 Å². The monoisotopic (exact) mass is 222 g/mol. The summed E-state index contributed by atoms with van der Waals surface area (Å²) >= 11 is 1.64. The van der Waals surface area contributed by atoms with Crippen molar-refractivity contribution in [2.75, 3.05) is 0 Å². The summed E-state index contributed by atoms with van der Waals surface area (Å²) in [5.74, 6) is 0.903. The number of thiazole rings is 1. The van der Waals surface area contributed by atoms with E-state index in [-0.39, 0.29) is 6.04 Å². The van der Waals surface area contributed by atoms with Gasteiger partial charge in [-0.25, -0.2) is 4.98 Å². The minimum atomic E-state index is 0.0449. The van der Waals surface area contributed by atoms with Gasteiger partial charge in [-0.05, 0) is 26.8 Å². The highest BCUT2D eigenvalue weighted by atomic mass is 32.1. The summed E-state index contributed by atoms with van der Waals surface area (Å²) in [5, 5.41) is 0.992. The molecule has 2 heterocycles. The summed E-state index contributed by atoms with van der Waals surface area (Å²) in [6, 6.07) is 1.99. The van der Waals surface area contributed by atoms with Crippen molar-refractivity contribution in [3.05, 3.63) is 28.7 Å². The fourth-order valence-electron chi connectivity index (χ4n) is 1.55. The number of furan rings is 1. The molecule has 0 aliphatic rings. The molecule has 15 heavy (non-hydrogen) atoms. The van der Waals surface area contributed by atoms with Crippen LogP contribution in [0.5, 0.6) is 0 Å². The maximum absolute atomic E-state index is 5.87. The van der Waals surface area contributed by atoms with Crippen LogP contribution in [0.2, 0.25) is 0 Å². The fourth-order valence-corrected chi connectivity index (χ4v) is 2.64. The molecule has 0 aliphatic heterocycles. The molecule has 2 N–H and O–H groups in total. The van der Waals surface area contributed by atoms with E-state index in [0.717, 1.165) is 26.9 Å². The van der Waals surface area contributed by atoms with Crippen LogP contribution >= 0.6 is 11.3 Å². The minimum absolute atomic E-state index is 0.0449. The molecule has 3 nitrogen and oxygen atoms in total. The van der Waals surface area contributed by atoms with Gasteiger partial charge in [0.1, 0.15) is 10.8 Å². The van der Waals surface area contributed by atoms with Crippen LogP contribution in [0.25, 0.3) is 10.6 Å². The Bertz CT molecular complexity index is 471.